The van der Waals surface area contributed by atoms with Crippen LogP contribution in [-0.4, -0.2) is 33.3 Å². The summed E-state index contributed by atoms with van der Waals surface area (Å²) in [6.45, 7) is -0.591. The largest absolute Gasteiger partial charge is 0.294 e. The molecule has 0 bridgehead atoms. The van der Waals surface area contributed by atoms with Crippen LogP contribution in [0, 0.1) is 0 Å². The predicted molar refractivity (Wildman–Crippen MR) is 29.4 cm³/mol. The van der Waals surface area contributed by atoms with Gasteiger partial charge in [-0.25, -0.2) is 12.9 Å². The quantitative estimate of drug-likeness (QED) is 0.563. The molecule has 0 aromatic heterocycles. The molecule has 0 radical (unpaired) electrons. The first-order valence-electron chi connectivity index (χ1n) is 2.06. The number of rotatable bonds is 3. The molecule has 50 valence electrons. The first-order chi connectivity index (χ1) is 3.68. The summed E-state index contributed by atoms with van der Waals surface area (Å²) in [7, 11) is 1.37. The average molecular weight is 141 g/mol. The Hall–Kier alpha value is -0.0000000000000000486. The molecule has 0 heterocycles. The van der Waals surface area contributed by atoms with Crippen molar-refractivity contribution in [2.45, 2.75) is 0 Å². The third-order valence-corrected chi connectivity index (χ3v) is 1.38. The van der Waals surface area contributed by atoms with Gasteiger partial charge in [-0.15, -0.1) is 0 Å². The Morgan fingerprint density at radius 2 is 2.38 bits per heavy atom. The normalized spacial score (nSPS) is 14.5. The fraction of sp³-hybridized carbons (Fsp3) is 1.00. The number of nitrogens with zero attached hydrogens (tertiary/aromatic N) is 1. The number of alkyl halides is 1. The number of hydrogen-bond donors (Lipinski definition) is 1. The maximum absolute atomic E-state index is 11.3. The van der Waals surface area contributed by atoms with Gasteiger partial charge in [-0.05, 0) is 0 Å². The Kier molecular flexibility index (Phi) is 3.94. The van der Waals surface area contributed by atoms with Crippen LogP contribution in [0.2, 0.25) is 0 Å². The van der Waals surface area contributed by atoms with Crippen molar-refractivity contribution in [3.8, 4) is 0 Å². The minimum absolute atomic E-state index is 0.00309. The molecule has 0 aromatic carbocycles. The summed E-state index contributed by atoms with van der Waals surface area (Å²) in [5.41, 5.74) is 0. The highest BCUT2D eigenvalue weighted by Gasteiger charge is 2.00. The van der Waals surface area contributed by atoms with Gasteiger partial charge >= 0.3 is 0 Å². The molecule has 0 spiro atoms. The van der Waals surface area contributed by atoms with Gasteiger partial charge in [0.2, 0.25) is 11.3 Å². The Labute approximate surface area is 49.9 Å². The maximum atomic E-state index is 11.3. The molecular weight excluding hydrogens is 133 g/mol. The van der Waals surface area contributed by atoms with Crippen molar-refractivity contribution in [1.29, 1.82) is 0 Å². The van der Waals surface area contributed by atoms with Crippen LogP contribution in [0.25, 0.3) is 0 Å². The van der Waals surface area contributed by atoms with E-state index in [2.05, 4.69) is 0 Å². The van der Waals surface area contributed by atoms with Crippen LogP contribution in [0.4, 0.5) is 4.39 Å². The lowest BCUT2D eigenvalue weighted by atomic mass is 10.7. The molecule has 1 N–H and O–H groups in total. The van der Waals surface area contributed by atoms with Gasteiger partial charge in [-0.2, -0.15) is 0 Å². The van der Waals surface area contributed by atoms with Gasteiger partial charge in [0.15, 0.2) is 0 Å². The second-order valence-electron chi connectivity index (χ2n) is 1.27. The zero-order chi connectivity index (χ0) is 6.57. The zero-order valence-electron chi connectivity index (χ0n) is 4.50. The molecule has 0 aliphatic carbocycles. The minimum atomic E-state index is -2.02. The molecule has 0 rings (SSSR count). The van der Waals surface area contributed by atoms with Gasteiger partial charge in [0.25, 0.3) is 0 Å². The van der Waals surface area contributed by atoms with E-state index < -0.39 is 17.9 Å². The average Bonchev–Trinajstić information content (AvgIpc) is 1.67. The van der Waals surface area contributed by atoms with Crippen LogP contribution in [0.15, 0.2) is 0 Å². The highest BCUT2D eigenvalue weighted by atomic mass is 32.2. The highest BCUT2D eigenvalue weighted by molar-refractivity contribution is 7.76. The van der Waals surface area contributed by atoms with E-state index in [1.54, 1.807) is 0 Å². The first-order valence-corrected chi connectivity index (χ1v) is 3.13. The number of halogens is 1. The summed E-state index contributed by atoms with van der Waals surface area (Å²) in [6.07, 6.45) is 0. The monoisotopic (exact) mass is 141 g/mol. The Morgan fingerprint density at radius 1 is 1.88 bits per heavy atom. The van der Waals surface area contributed by atoms with Crippen molar-refractivity contribution in [3.63, 3.8) is 0 Å². The van der Waals surface area contributed by atoms with Crippen molar-refractivity contribution in [2.24, 2.45) is 0 Å². The third kappa shape index (κ3) is 3.06. The van der Waals surface area contributed by atoms with E-state index >= 15 is 0 Å². The van der Waals surface area contributed by atoms with Crippen molar-refractivity contribution >= 4 is 11.3 Å². The lowest BCUT2D eigenvalue weighted by Crippen LogP contribution is -2.22. The summed E-state index contributed by atoms with van der Waals surface area (Å²) in [4.78, 5) is 0. The van der Waals surface area contributed by atoms with E-state index in [0.717, 1.165) is 4.31 Å². The summed E-state index contributed by atoms with van der Waals surface area (Å²) in [6, 6.07) is 0. The third-order valence-electron chi connectivity index (χ3n) is 0.666. The van der Waals surface area contributed by atoms with E-state index in [1.165, 1.54) is 7.05 Å². The van der Waals surface area contributed by atoms with Crippen LogP contribution in [0.3, 0.4) is 0 Å². The second-order valence-corrected chi connectivity index (χ2v) is 2.36. The molecule has 1 unspecified atom stereocenters. The Bertz CT molecular complexity index is 89.4. The molecule has 3 nitrogen and oxygen atoms in total. The van der Waals surface area contributed by atoms with Crippen LogP contribution in [0.5, 0.6) is 0 Å². The number of hydrogen-bond acceptors (Lipinski definition) is 1. The van der Waals surface area contributed by atoms with E-state index in [0.29, 0.717) is 0 Å². The van der Waals surface area contributed by atoms with E-state index in [-0.39, 0.29) is 6.54 Å². The standard InChI is InChI=1S/C3H8FNO2S/c1-5(3-2-4)8(6)7/h2-3H2,1H3,(H,6,7). The molecule has 1 atom stereocenters. The maximum Gasteiger partial charge on any atom is 0.234 e. The van der Waals surface area contributed by atoms with Crippen LogP contribution >= 0.6 is 0 Å². The van der Waals surface area contributed by atoms with E-state index in [1.807, 2.05) is 0 Å². The van der Waals surface area contributed by atoms with Crippen molar-refractivity contribution in [2.75, 3.05) is 20.3 Å². The minimum Gasteiger partial charge on any atom is -0.294 e. The lowest BCUT2D eigenvalue weighted by Gasteiger charge is -2.05. The molecule has 0 amide bonds. The van der Waals surface area contributed by atoms with Crippen molar-refractivity contribution in [1.82, 2.24) is 4.31 Å². The van der Waals surface area contributed by atoms with Gasteiger partial charge in [0, 0.05) is 13.6 Å². The van der Waals surface area contributed by atoms with Gasteiger partial charge in [0.05, 0.1) is 0 Å². The molecule has 0 aromatic rings. The molecular formula is C3H8FNO2S. The fourth-order valence-electron chi connectivity index (χ4n) is 0.197. The topological polar surface area (TPSA) is 40.5 Å². The van der Waals surface area contributed by atoms with E-state index in [4.69, 9.17) is 4.55 Å². The summed E-state index contributed by atoms with van der Waals surface area (Å²) < 4.78 is 30.5. The molecule has 0 aliphatic rings. The first kappa shape index (κ1) is 8.00. The molecule has 0 saturated heterocycles. The van der Waals surface area contributed by atoms with Crippen LogP contribution in [-0.2, 0) is 11.3 Å². The van der Waals surface area contributed by atoms with Gasteiger partial charge in [0.1, 0.15) is 6.67 Å². The van der Waals surface area contributed by atoms with Gasteiger partial charge in [-0.3, -0.25) is 4.55 Å². The Balaban J connectivity index is 3.32. The van der Waals surface area contributed by atoms with Gasteiger partial charge in [-0.1, -0.05) is 0 Å². The van der Waals surface area contributed by atoms with Gasteiger partial charge < -0.3 is 0 Å². The molecule has 0 saturated carbocycles. The predicted octanol–water partition coefficient (Wildman–Crippen LogP) is 0.0244. The lowest BCUT2D eigenvalue weighted by molar-refractivity contribution is 0.386. The zero-order valence-corrected chi connectivity index (χ0v) is 5.32. The van der Waals surface area contributed by atoms with Crippen molar-refractivity contribution in [3.05, 3.63) is 0 Å². The van der Waals surface area contributed by atoms with E-state index in [9.17, 15) is 8.60 Å². The fourth-order valence-corrected chi connectivity index (χ4v) is 0.422. The molecule has 5 heteroatoms. The molecule has 0 fully saturated rings. The second kappa shape index (κ2) is 3.94. The van der Waals surface area contributed by atoms with Crippen molar-refractivity contribution < 1.29 is 13.2 Å². The van der Waals surface area contributed by atoms with Crippen LogP contribution < -0.4 is 0 Å². The Morgan fingerprint density at radius 3 is 2.50 bits per heavy atom. The summed E-state index contributed by atoms with van der Waals surface area (Å²) in [5.74, 6) is 0. The smallest absolute Gasteiger partial charge is 0.234 e. The van der Waals surface area contributed by atoms with Crippen LogP contribution in [0.1, 0.15) is 0 Å². The molecule has 0 aliphatic heterocycles. The highest BCUT2D eigenvalue weighted by Crippen LogP contribution is 1.84. The SMILES string of the molecule is CN(CCF)S(=O)O. The summed E-state index contributed by atoms with van der Waals surface area (Å²) in [5, 5.41) is 0. The molecule has 8 heavy (non-hydrogen) atoms. The summed E-state index contributed by atoms with van der Waals surface area (Å²) >= 11 is -2.02.